The van der Waals surface area contributed by atoms with Crippen LogP contribution in [-0.4, -0.2) is 37.8 Å². The monoisotopic (exact) mass is 558 g/mol. The Morgan fingerprint density at radius 2 is 1.78 bits per heavy atom. The summed E-state index contributed by atoms with van der Waals surface area (Å²) in [7, 11) is -3.02. The molecule has 37 heavy (non-hydrogen) atoms. The van der Waals surface area contributed by atoms with Crippen molar-refractivity contribution in [3.8, 4) is 16.3 Å². The van der Waals surface area contributed by atoms with Crippen LogP contribution in [-0.2, 0) is 10.0 Å². The molecule has 0 aliphatic heterocycles. The highest BCUT2D eigenvalue weighted by Gasteiger charge is 2.41. The number of anilines is 1. The second-order valence-corrected chi connectivity index (χ2v) is 11.6. The highest BCUT2D eigenvalue weighted by atomic mass is 32.2. The molecule has 1 aliphatic carbocycles. The smallest absolute Gasteiger partial charge is 0.391 e. The lowest BCUT2D eigenvalue weighted by Crippen LogP contribution is -2.27. The number of carboxylic acid groups (broad SMARTS) is 1. The van der Waals surface area contributed by atoms with Crippen LogP contribution in [0.1, 0.15) is 47.5 Å². The van der Waals surface area contributed by atoms with Gasteiger partial charge < -0.3 is 9.84 Å². The fraction of sp³-hybridized carbons (Fsp3) is 0.333. The number of sulfonamides is 1. The molecule has 1 aromatic heterocycles. The summed E-state index contributed by atoms with van der Waals surface area (Å²) in [6.45, 7) is 0. The maximum atomic E-state index is 14.1. The van der Waals surface area contributed by atoms with Gasteiger partial charge in [0.05, 0.1) is 30.5 Å². The van der Waals surface area contributed by atoms with Crippen molar-refractivity contribution in [3.63, 3.8) is 0 Å². The van der Waals surface area contributed by atoms with Crippen molar-refractivity contribution >= 4 is 33.0 Å². The minimum absolute atomic E-state index is 0.0342. The van der Waals surface area contributed by atoms with Crippen LogP contribution in [0.2, 0.25) is 0 Å². The van der Waals surface area contributed by atoms with Crippen molar-refractivity contribution in [1.29, 1.82) is 0 Å². The average Bonchev–Trinajstić information content (AvgIpc) is 3.35. The number of nitrogens with one attached hydrogen (secondary N) is 1. The van der Waals surface area contributed by atoms with Crippen molar-refractivity contribution in [1.82, 2.24) is 4.98 Å². The lowest BCUT2D eigenvalue weighted by molar-refractivity contribution is -0.182. The molecule has 4 rings (SSSR count). The number of aromatic nitrogens is 1. The largest absolute Gasteiger partial charge is 0.495 e. The molecule has 0 atom stereocenters. The molecule has 0 spiro atoms. The van der Waals surface area contributed by atoms with E-state index in [1.54, 1.807) is 12.1 Å². The number of thiazole rings is 1. The first-order chi connectivity index (χ1) is 17.4. The Balaban J connectivity index is 1.49. The minimum Gasteiger partial charge on any atom is -0.495 e. The number of methoxy groups -OCH3 is 1. The number of carboxylic acids is 1. The zero-order valence-electron chi connectivity index (χ0n) is 19.4. The Hall–Kier alpha value is -3.19. The molecule has 0 saturated heterocycles. The first kappa shape index (κ1) is 26.9. The molecule has 2 aromatic carbocycles. The van der Waals surface area contributed by atoms with Crippen molar-refractivity contribution in [3.05, 3.63) is 59.5 Å². The fourth-order valence-corrected chi connectivity index (χ4v) is 6.53. The molecule has 1 saturated carbocycles. The van der Waals surface area contributed by atoms with Crippen LogP contribution in [0.5, 0.6) is 5.75 Å². The molecule has 13 heteroatoms. The molecular weight excluding hydrogens is 536 g/mol. The number of nitrogens with zero attached hydrogens (tertiary/aromatic N) is 1. The van der Waals surface area contributed by atoms with E-state index in [1.807, 2.05) is 12.1 Å². The third-order valence-corrected chi connectivity index (χ3v) is 9.21. The van der Waals surface area contributed by atoms with Gasteiger partial charge in [-0.25, -0.2) is 22.6 Å². The number of carbonyl (C=O) groups is 1. The molecule has 1 aliphatic rings. The van der Waals surface area contributed by atoms with E-state index >= 15 is 0 Å². The highest BCUT2D eigenvalue weighted by molar-refractivity contribution is 7.94. The second kappa shape index (κ2) is 10.3. The second-order valence-electron chi connectivity index (χ2n) is 8.64. The van der Waals surface area contributed by atoms with E-state index in [-0.39, 0.29) is 34.4 Å². The molecule has 0 unspecified atom stereocenters. The van der Waals surface area contributed by atoms with Crippen LogP contribution in [0.25, 0.3) is 10.6 Å². The number of hydrogen-bond donors (Lipinski definition) is 2. The van der Waals surface area contributed by atoms with Gasteiger partial charge in [0, 0.05) is 11.6 Å². The third-order valence-electron chi connectivity index (χ3n) is 6.33. The quantitative estimate of drug-likeness (QED) is 0.330. The number of halogens is 4. The lowest BCUT2D eigenvalue weighted by Gasteiger charge is -2.30. The molecule has 0 radical (unpaired) electrons. The summed E-state index contributed by atoms with van der Waals surface area (Å²) in [5, 5.41) is 9.44. The zero-order chi connectivity index (χ0) is 27.0. The number of aromatic carboxylic acids is 1. The lowest BCUT2D eigenvalue weighted by atomic mass is 9.78. The Bertz CT molecular complexity index is 1400. The van der Waals surface area contributed by atoms with Crippen molar-refractivity contribution < 1.29 is 40.6 Å². The predicted octanol–water partition coefficient (Wildman–Crippen LogP) is 6.29. The summed E-state index contributed by atoms with van der Waals surface area (Å²) in [4.78, 5) is 15.3. The first-order valence-electron chi connectivity index (χ1n) is 11.2. The van der Waals surface area contributed by atoms with E-state index in [2.05, 4.69) is 9.71 Å². The zero-order valence-corrected chi connectivity index (χ0v) is 21.0. The van der Waals surface area contributed by atoms with Crippen molar-refractivity contribution in [2.45, 2.75) is 42.0 Å². The van der Waals surface area contributed by atoms with Crippen LogP contribution in [0.15, 0.2) is 46.8 Å². The standard InChI is InChI=1S/C24H22F4N2O5S2/c1-35-20-10-17(23(31)32)18(25)11-19(20)30-37(33,34)21-12-29-22(36-21)15-4-2-13(3-5-15)14-6-8-16(9-7-14)24(26,27)28/h2-5,10-12,14,16,30H,6-9H2,1H3,(H,31,32)/t14-,16-. The van der Waals surface area contributed by atoms with E-state index in [9.17, 15) is 30.8 Å². The Kier molecular flexibility index (Phi) is 7.47. The molecule has 1 heterocycles. The van der Waals surface area contributed by atoms with E-state index in [4.69, 9.17) is 9.84 Å². The summed E-state index contributed by atoms with van der Waals surface area (Å²) in [5.74, 6) is -4.06. The van der Waals surface area contributed by atoms with E-state index in [0.29, 0.717) is 23.4 Å². The molecular formula is C24H22F4N2O5S2. The van der Waals surface area contributed by atoms with Gasteiger partial charge in [-0.3, -0.25) is 4.72 Å². The van der Waals surface area contributed by atoms with Gasteiger partial charge in [0.1, 0.15) is 16.6 Å². The average molecular weight is 559 g/mol. The summed E-state index contributed by atoms with van der Waals surface area (Å²) in [5.41, 5.74) is 0.615. The van der Waals surface area contributed by atoms with Crippen LogP contribution in [0.4, 0.5) is 23.2 Å². The summed E-state index contributed by atoms with van der Waals surface area (Å²) < 4.78 is 85.7. The Morgan fingerprint density at radius 3 is 2.35 bits per heavy atom. The number of rotatable bonds is 7. The molecule has 198 valence electrons. The highest BCUT2D eigenvalue weighted by Crippen LogP contribution is 2.43. The van der Waals surface area contributed by atoms with Crippen molar-refractivity contribution in [2.75, 3.05) is 11.8 Å². The van der Waals surface area contributed by atoms with Gasteiger partial charge in [-0.1, -0.05) is 24.3 Å². The molecule has 0 bridgehead atoms. The van der Waals surface area contributed by atoms with Crippen LogP contribution >= 0.6 is 11.3 Å². The van der Waals surface area contributed by atoms with Gasteiger partial charge in [0.25, 0.3) is 10.0 Å². The Morgan fingerprint density at radius 1 is 1.14 bits per heavy atom. The maximum absolute atomic E-state index is 14.1. The predicted molar refractivity (Wildman–Crippen MR) is 129 cm³/mol. The van der Waals surface area contributed by atoms with Crippen LogP contribution in [0, 0.1) is 11.7 Å². The third kappa shape index (κ3) is 5.87. The van der Waals surface area contributed by atoms with Crippen LogP contribution < -0.4 is 9.46 Å². The summed E-state index contributed by atoms with van der Waals surface area (Å²) in [6.07, 6.45) is -1.91. The number of ether oxygens (including phenoxy) is 1. The maximum Gasteiger partial charge on any atom is 0.391 e. The number of alkyl halides is 3. The molecule has 1 fully saturated rings. The van der Waals surface area contributed by atoms with E-state index < -0.39 is 39.5 Å². The molecule has 3 aromatic rings. The van der Waals surface area contributed by atoms with Crippen molar-refractivity contribution in [2.24, 2.45) is 5.92 Å². The van der Waals surface area contributed by atoms with Gasteiger partial charge in [0.15, 0.2) is 4.21 Å². The minimum atomic E-state index is -4.21. The fourth-order valence-electron chi connectivity index (χ4n) is 4.33. The summed E-state index contributed by atoms with van der Waals surface area (Å²) in [6, 6.07) is 8.74. The number of benzene rings is 2. The van der Waals surface area contributed by atoms with Gasteiger partial charge in [-0.15, -0.1) is 11.3 Å². The van der Waals surface area contributed by atoms with E-state index in [1.165, 1.54) is 7.11 Å². The van der Waals surface area contributed by atoms with Crippen LogP contribution in [0.3, 0.4) is 0 Å². The van der Waals surface area contributed by atoms with Gasteiger partial charge >= 0.3 is 12.1 Å². The SMILES string of the molecule is COc1cc(C(=O)O)c(F)cc1NS(=O)(=O)c1cnc(-c2ccc([C@H]3CC[C@H](C(F)(F)F)CC3)cc2)s1. The van der Waals surface area contributed by atoms with E-state index in [0.717, 1.165) is 35.2 Å². The molecule has 7 nitrogen and oxygen atoms in total. The van der Waals surface area contributed by atoms with Gasteiger partial charge in [-0.05, 0) is 43.2 Å². The summed E-state index contributed by atoms with van der Waals surface area (Å²) >= 11 is 0.867. The topological polar surface area (TPSA) is 106 Å². The van der Waals surface area contributed by atoms with Gasteiger partial charge in [-0.2, -0.15) is 13.2 Å². The first-order valence-corrected chi connectivity index (χ1v) is 13.5. The van der Waals surface area contributed by atoms with Gasteiger partial charge in [0.2, 0.25) is 0 Å². The molecule has 0 amide bonds. The normalized spacial score (nSPS) is 18.4. The Labute approximate surface area is 214 Å². The number of hydrogen-bond acceptors (Lipinski definition) is 6. The molecule has 2 N–H and O–H groups in total.